The highest BCUT2D eigenvalue weighted by Gasteiger charge is 2.17. The van der Waals surface area contributed by atoms with Gasteiger partial charge in [-0.1, -0.05) is 44.2 Å². The zero-order valence-electron chi connectivity index (χ0n) is 18.8. The van der Waals surface area contributed by atoms with E-state index >= 15 is 0 Å². The van der Waals surface area contributed by atoms with Crippen molar-refractivity contribution >= 4 is 21.6 Å². The average molecular weight is 450 g/mol. The summed E-state index contributed by atoms with van der Waals surface area (Å²) in [5.41, 5.74) is 2.39. The average Bonchev–Trinajstić information content (AvgIpc) is 3.04. The van der Waals surface area contributed by atoms with Crippen LogP contribution in [0, 0.1) is 19.8 Å². The highest BCUT2D eigenvalue weighted by molar-refractivity contribution is 7.18. The Kier molecular flexibility index (Phi) is 6.28. The van der Waals surface area contributed by atoms with Crippen molar-refractivity contribution < 1.29 is 4.74 Å². The van der Waals surface area contributed by atoms with Gasteiger partial charge in [-0.2, -0.15) is 0 Å². The van der Waals surface area contributed by atoms with Gasteiger partial charge in [0, 0.05) is 29.3 Å². The van der Waals surface area contributed by atoms with E-state index in [9.17, 15) is 9.59 Å². The van der Waals surface area contributed by atoms with Gasteiger partial charge in [0.15, 0.2) is 5.75 Å². The number of nitrogens with one attached hydrogen (secondary N) is 1. The fourth-order valence-corrected chi connectivity index (χ4v) is 4.62. The topological polar surface area (TPSA) is 77.0 Å². The minimum absolute atomic E-state index is 0.0798. The van der Waals surface area contributed by atoms with Gasteiger partial charge in [0.1, 0.15) is 10.7 Å². The van der Waals surface area contributed by atoms with Crippen molar-refractivity contribution in [3.05, 3.63) is 90.7 Å². The summed E-state index contributed by atoms with van der Waals surface area (Å²) in [4.78, 5) is 35.9. The number of nitrogens with zero attached hydrogens (tertiary/aromatic N) is 2. The first-order valence-electron chi connectivity index (χ1n) is 10.7. The molecule has 4 aromatic rings. The number of hydrogen-bond donors (Lipinski definition) is 1. The SMILES string of the molecule is Cc1sc2nc(Cc3ccccc3)n(Cc3cc(=O)c(OCC(C)C)c[nH]3)c(=O)c2c1C. The molecule has 4 rings (SSSR count). The largest absolute Gasteiger partial charge is 0.488 e. The second-order valence-electron chi connectivity index (χ2n) is 8.44. The lowest BCUT2D eigenvalue weighted by atomic mass is 10.1. The molecule has 6 nitrogen and oxygen atoms in total. The van der Waals surface area contributed by atoms with Crippen LogP contribution in [0.15, 0.2) is 52.2 Å². The molecule has 0 radical (unpaired) electrons. The molecule has 0 aliphatic carbocycles. The fraction of sp³-hybridized carbons (Fsp3) is 0.320. The van der Waals surface area contributed by atoms with Crippen LogP contribution in [0.1, 0.15) is 41.4 Å². The lowest BCUT2D eigenvalue weighted by Crippen LogP contribution is -2.27. The van der Waals surface area contributed by atoms with E-state index in [1.54, 1.807) is 22.1 Å². The second-order valence-corrected chi connectivity index (χ2v) is 9.64. The zero-order valence-corrected chi connectivity index (χ0v) is 19.6. The van der Waals surface area contributed by atoms with Crippen LogP contribution in [-0.4, -0.2) is 21.1 Å². The molecule has 0 saturated heterocycles. The number of hydrogen-bond acceptors (Lipinski definition) is 5. The monoisotopic (exact) mass is 449 g/mol. The van der Waals surface area contributed by atoms with Gasteiger partial charge >= 0.3 is 0 Å². The molecule has 0 atom stereocenters. The van der Waals surface area contributed by atoms with Crippen LogP contribution in [0.5, 0.6) is 5.75 Å². The summed E-state index contributed by atoms with van der Waals surface area (Å²) in [6.07, 6.45) is 2.11. The first-order valence-corrected chi connectivity index (χ1v) is 11.5. The summed E-state index contributed by atoms with van der Waals surface area (Å²) in [7, 11) is 0. The highest BCUT2D eigenvalue weighted by Crippen LogP contribution is 2.27. The van der Waals surface area contributed by atoms with E-state index in [1.165, 1.54) is 6.07 Å². The van der Waals surface area contributed by atoms with Crippen LogP contribution >= 0.6 is 11.3 Å². The van der Waals surface area contributed by atoms with Crippen LogP contribution in [-0.2, 0) is 13.0 Å². The van der Waals surface area contributed by atoms with E-state index in [0.717, 1.165) is 20.8 Å². The molecule has 1 N–H and O–H groups in total. The van der Waals surface area contributed by atoms with E-state index in [1.807, 2.05) is 58.0 Å². The van der Waals surface area contributed by atoms with E-state index in [2.05, 4.69) is 4.98 Å². The number of aromatic amines is 1. The van der Waals surface area contributed by atoms with Crippen LogP contribution in [0.2, 0.25) is 0 Å². The van der Waals surface area contributed by atoms with Crippen molar-refractivity contribution in [2.75, 3.05) is 6.61 Å². The standard InChI is InChI=1S/C25H27N3O3S/c1-15(2)14-31-21-12-26-19(11-20(21)29)13-28-22(10-18-8-6-5-7-9-18)27-24-23(25(28)30)16(3)17(4)32-24/h5-9,11-12,15H,10,13-14H2,1-4H3,(H,26,29). The fourth-order valence-electron chi connectivity index (χ4n) is 3.58. The smallest absolute Gasteiger partial charge is 0.262 e. The number of thiophene rings is 1. The van der Waals surface area contributed by atoms with Gasteiger partial charge < -0.3 is 9.72 Å². The summed E-state index contributed by atoms with van der Waals surface area (Å²) in [6.45, 7) is 8.73. The number of pyridine rings is 1. The van der Waals surface area contributed by atoms with Gasteiger partial charge in [-0.05, 0) is 30.9 Å². The second kappa shape index (κ2) is 9.12. The molecule has 0 saturated carbocycles. The molecule has 0 aliphatic heterocycles. The number of ether oxygens (including phenoxy) is 1. The molecule has 7 heteroatoms. The Morgan fingerprint density at radius 3 is 2.59 bits per heavy atom. The third-order valence-electron chi connectivity index (χ3n) is 5.41. The van der Waals surface area contributed by atoms with Crippen molar-refractivity contribution in [2.24, 2.45) is 5.92 Å². The van der Waals surface area contributed by atoms with E-state index in [4.69, 9.17) is 9.72 Å². The third kappa shape index (κ3) is 4.53. The molecule has 0 spiro atoms. The Balaban J connectivity index is 1.76. The molecule has 0 fully saturated rings. The molecule has 1 aromatic carbocycles. The number of fused-ring (bicyclic) bond motifs is 1. The number of aryl methyl sites for hydroxylation is 2. The van der Waals surface area contributed by atoms with Gasteiger partial charge in [-0.15, -0.1) is 11.3 Å². The number of aromatic nitrogens is 3. The summed E-state index contributed by atoms with van der Waals surface area (Å²) in [5.74, 6) is 1.29. The van der Waals surface area contributed by atoms with Crippen LogP contribution in [0.4, 0.5) is 0 Å². The van der Waals surface area contributed by atoms with Crippen molar-refractivity contribution in [1.82, 2.24) is 14.5 Å². The zero-order chi connectivity index (χ0) is 22.8. The molecule has 32 heavy (non-hydrogen) atoms. The first-order chi connectivity index (χ1) is 15.3. The van der Waals surface area contributed by atoms with Crippen LogP contribution in [0.25, 0.3) is 10.2 Å². The molecule has 3 aromatic heterocycles. The van der Waals surface area contributed by atoms with E-state index in [0.29, 0.717) is 35.9 Å². The maximum atomic E-state index is 13.5. The molecule has 0 amide bonds. The minimum Gasteiger partial charge on any atom is -0.488 e. The molecular formula is C25H27N3O3S. The number of rotatable bonds is 7. The summed E-state index contributed by atoms with van der Waals surface area (Å²) in [5, 5.41) is 0.656. The highest BCUT2D eigenvalue weighted by atomic mass is 32.1. The van der Waals surface area contributed by atoms with E-state index < -0.39 is 0 Å². The molecule has 166 valence electrons. The van der Waals surface area contributed by atoms with Crippen molar-refractivity contribution in [3.8, 4) is 5.75 Å². The van der Waals surface area contributed by atoms with Gasteiger partial charge in [0.05, 0.1) is 18.5 Å². The Morgan fingerprint density at radius 2 is 1.91 bits per heavy atom. The normalized spacial score (nSPS) is 11.4. The minimum atomic E-state index is -0.200. The summed E-state index contributed by atoms with van der Waals surface area (Å²) >= 11 is 1.55. The van der Waals surface area contributed by atoms with Crippen LogP contribution in [0.3, 0.4) is 0 Å². The van der Waals surface area contributed by atoms with Crippen molar-refractivity contribution in [2.45, 2.75) is 40.7 Å². The van der Waals surface area contributed by atoms with Gasteiger partial charge in [-0.25, -0.2) is 4.98 Å². The number of H-pyrrole nitrogens is 1. The van der Waals surface area contributed by atoms with Gasteiger partial charge in [0.25, 0.3) is 5.56 Å². The molecule has 3 heterocycles. The van der Waals surface area contributed by atoms with E-state index in [-0.39, 0.29) is 23.3 Å². The van der Waals surface area contributed by atoms with Crippen molar-refractivity contribution in [3.63, 3.8) is 0 Å². The Hall–Kier alpha value is -3.19. The first kappa shape index (κ1) is 22.0. The molecule has 0 unspecified atom stereocenters. The third-order valence-corrected chi connectivity index (χ3v) is 6.51. The Morgan fingerprint density at radius 1 is 1.16 bits per heavy atom. The lowest BCUT2D eigenvalue weighted by molar-refractivity contribution is 0.267. The number of benzene rings is 1. The predicted octanol–water partition coefficient (Wildman–Crippen LogP) is 4.44. The quantitative estimate of drug-likeness (QED) is 0.453. The lowest BCUT2D eigenvalue weighted by Gasteiger charge is -2.14. The molecular weight excluding hydrogens is 422 g/mol. The van der Waals surface area contributed by atoms with Crippen molar-refractivity contribution in [1.29, 1.82) is 0 Å². The maximum absolute atomic E-state index is 13.5. The maximum Gasteiger partial charge on any atom is 0.262 e. The summed E-state index contributed by atoms with van der Waals surface area (Å²) in [6, 6.07) is 11.5. The van der Waals surface area contributed by atoms with Gasteiger partial charge in [-0.3, -0.25) is 14.2 Å². The molecule has 0 aliphatic rings. The Labute approximate surface area is 190 Å². The Bertz CT molecular complexity index is 1370. The van der Waals surface area contributed by atoms with Gasteiger partial charge in [0.2, 0.25) is 5.43 Å². The molecule has 0 bridgehead atoms. The van der Waals surface area contributed by atoms with Crippen LogP contribution < -0.4 is 15.7 Å². The predicted molar refractivity (Wildman–Crippen MR) is 129 cm³/mol. The summed E-state index contributed by atoms with van der Waals surface area (Å²) < 4.78 is 7.26.